The Morgan fingerprint density at radius 3 is 2.67 bits per heavy atom. The number of carbonyl (C=O) groups is 2. The van der Waals surface area contributed by atoms with Crippen molar-refractivity contribution in [1.82, 2.24) is 14.9 Å². The zero-order valence-corrected chi connectivity index (χ0v) is 12.0. The van der Waals surface area contributed by atoms with E-state index in [0.29, 0.717) is 23.4 Å². The van der Waals surface area contributed by atoms with E-state index in [4.69, 9.17) is 0 Å². The van der Waals surface area contributed by atoms with E-state index in [2.05, 4.69) is 24.1 Å². The number of nitrogens with one attached hydrogen (secondary N) is 2. The number of rotatable bonds is 2. The molecular weight excluding hydrogens is 270 g/mol. The molecule has 1 atom stereocenters. The third-order valence-corrected chi connectivity index (χ3v) is 3.93. The summed E-state index contributed by atoms with van der Waals surface area (Å²) in [5, 5.41) is 2.30. The van der Waals surface area contributed by atoms with Crippen LogP contribution in [-0.4, -0.2) is 21.4 Å². The molecule has 0 radical (unpaired) electrons. The van der Waals surface area contributed by atoms with E-state index in [0.717, 1.165) is 5.56 Å². The summed E-state index contributed by atoms with van der Waals surface area (Å²) >= 11 is 0. The average Bonchev–Trinajstić information content (AvgIpc) is 2.74. The maximum Gasteiger partial charge on any atom is 0.327 e. The van der Waals surface area contributed by atoms with E-state index in [1.165, 1.54) is 4.57 Å². The number of benzene rings is 1. The zero-order chi connectivity index (χ0) is 15.1. The number of piperidine rings is 1. The summed E-state index contributed by atoms with van der Waals surface area (Å²) in [4.78, 5) is 38.2. The van der Waals surface area contributed by atoms with Crippen molar-refractivity contribution in [1.29, 1.82) is 0 Å². The number of aromatic nitrogens is 2. The third-order valence-electron chi connectivity index (χ3n) is 3.93. The van der Waals surface area contributed by atoms with Gasteiger partial charge >= 0.3 is 5.69 Å². The minimum atomic E-state index is -0.633. The van der Waals surface area contributed by atoms with Gasteiger partial charge in [0.25, 0.3) is 0 Å². The van der Waals surface area contributed by atoms with E-state index in [9.17, 15) is 14.4 Å². The monoisotopic (exact) mass is 287 g/mol. The molecule has 6 heteroatoms. The Bertz CT molecular complexity index is 785. The van der Waals surface area contributed by atoms with Crippen molar-refractivity contribution in [3.05, 3.63) is 34.2 Å². The van der Waals surface area contributed by atoms with Crippen molar-refractivity contribution in [3.8, 4) is 0 Å². The van der Waals surface area contributed by atoms with Gasteiger partial charge in [-0.25, -0.2) is 4.79 Å². The van der Waals surface area contributed by atoms with Gasteiger partial charge in [-0.2, -0.15) is 0 Å². The normalized spacial score (nSPS) is 19.3. The van der Waals surface area contributed by atoms with Gasteiger partial charge in [-0.15, -0.1) is 0 Å². The predicted octanol–water partition coefficient (Wildman–Crippen LogP) is 1.43. The average molecular weight is 287 g/mol. The number of aromatic amines is 1. The summed E-state index contributed by atoms with van der Waals surface area (Å²) in [6, 6.07) is 5.12. The van der Waals surface area contributed by atoms with Gasteiger partial charge in [-0.1, -0.05) is 19.9 Å². The van der Waals surface area contributed by atoms with Crippen LogP contribution in [0.15, 0.2) is 23.0 Å². The smallest absolute Gasteiger partial charge is 0.306 e. The first kappa shape index (κ1) is 13.6. The molecule has 1 saturated heterocycles. The highest BCUT2D eigenvalue weighted by atomic mass is 16.2. The van der Waals surface area contributed by atoms with Gasteiger partial charge in [-0.3, -0.25) is 19.5 Å². The molecule has 0 saturated carbocycles. The van der Waals surface area contributed by atoms with Crippen molar-refractivity contribution < 1.29 is 9.59 Å². The number of amides is 2. The molecule has 2 amide bonds. The molecule has 1 fully saturated rings. The van der Waals surface area contributed by atoms with Crippen LogP contribution in [0.2, 0.25) is 0 Å². The topological polar surface area (TPSA) is 84.0 Å². The lowest BCUT2D eigenvalue weighted by atomic mass is 10.0. The molecule has 1 aromatic heterocycles. The minimum Gasteiger partial charge on any atom is -0.306 e. The van der Waals surface area contributed by atoms with Gasteiger partial charge < -0.3 is 4.98 Å². The first-order valence-electron chi connectivity index (χ1n) is 7.05. The largest absolute Gasteiger partial charge is 0.327 e. The molecule has 2 heterocycles. The molecule has 0 spiro atoms. The number of fused-ring (bicyclic) bond motifs is 1. The van der Waals surface area contributed by atoms with Gasteiger partial charge in [0.15, 0.2) is 0 Å². The summed E-state index contributed by atoms with van der Waals surface area (Å²) in [6.07, 6.45) is 0.600. The Labute approximate surface area is 121 Å². The van der Waals surface area contributed by atoms with E-state index in [1.807, 2.05) is 18.2 Å². The van der Waals surface area contributed by atoms with Crippen LogP contribution in [0.4, 0.5) is 0 Å². The maximum absolute atomic E-state index is 12.2. The summed E-state index contributed by atoms with van der Waals surface area (Å²) in [7, 11) is 0. The number of nitrogens with zero attached hydrogens (tertiary/aromatic N) is 1. The molecule has 1 unspecified atom stereocenters. The van der Waals surface area contributed by atoms with Crippen LogP contribution in [-0.2, 0) is 9.59 Å². The molecule has 6 nitrogen and oxygen atoms in total. The van der Waals surface area contributed by atoms with Gasteiger partial charge in [0.1, 0.15) is 6.04 Å². The van der Waals surface area contributed by atoms with E-state index < -0.39 is 11.9 Å². The molecule has 110 valence electrons. The van der Waals surface area contributed by atoms with Crippen molar-refractivity contribution >= 4 is 22.8 Å². The second-order valence-electron chi connectivity index (χ2n) is 5.70. The second-order valence-corrected chi connectivity index (χ2v) is 5.70. The number of carbonyl (C=O) groups excluding carboxylic acids is 2. The van der Waals surface area contributed by atoms with Crippen LogP contribution in [0.25, 0.3) is 11.0 Å². The highest BCUT2D eigenvalue weighted by Gasteiger charge is 2.30. The molecule has 0 bridgehead atoms. The van der Waals surface area contributed by atoms with Crippen LogP contribution in [0.3, 0.4) is 0 Å². The van der Waals surface area contributed by atoms with Crippen molar-refractivity contribution in [3.63, 3.8) is 0 Å². The number of hydrogen-bond donors (Lipinski definition) is 2. The quantitative estimate of drug-likeness (QED) is 0.820. The first-order valence-corrected chi connectivity index (χ1v) is 7.05. The minimum absolute atomic E-state index is 0.249. The molecule has 3 rings (SSSR count). The van der Waals surface area contributed by atoms with Crippen molar-refractivity contribution in [2.75, 3.05) is 0 Å². The lowest BCUT2D eigenvalue weighted by Crippen LogP contribution is -2.43. The Hall–Kier alpha value is -2.37. The van der Waals surface area contributed by atoms with Crippen molar-refractivity contribution in [2.45, 2.75) is 38.6 Å². The van der Waals surface area contributed by atoms with Crippen LogP contribution >= 0.6 is 0 Å². The molecule has 1 aliphatic rings. The zero-order valence-electron chi connectivity index (χ0n) is 12.0. The van der Waals surface area contributed by atoms with Gasteiger partial charge in [0.2, 0.25) is 11.8 Å². The second kappa shape index (κ2) is 4.87. The highest BCUT2D eigenvalue weighted by Crippen LogP contribution is 2.24. The summed E-state index contributed by atoms with van der Waals surface area (Å²) in [5.74, 6) is -0.370. The fourth-order valence-corrected chi connectivity index (χ4v) is 2.74. The van der Waals surface area contributed by atoms with Crippen LogP contribution < -0.4 is 11.0 Å². The highest BCUT2D eigenvalue weighted by molar-refractivity contribution is 6.00. The lowest BCUT2D eigenvalue weighted by Gasteiger charge is -2.22. The van der Waals surface area contributed by atoms with Gasteiger partial charge in [0, 0.05) is 6.42 Å². The van der Waals surface area contributed by atoms with Crippen LogP contribution in [0.5, 0.6) is 0 Å². The van der Waals surface area contributed by atoms with Crippen LogP contribution in [0.1, 0.15) is 44.2 Å². The van der Waals surface area contributed by atoms with Gasteiger partial charge in [-0.05, 0) is 30.0 Å². The predicted molar refractivity (Wildman–Crippen MR) is 78.1 cm³/mol. The van der Waals surface area contributed by atoms with E-state index in [1.54, 1.807) is 0 Å². The molecule has 21 heavy (non-hydrogen) atoms. The third kappa shape index (κ3) is 2.26. The lowest BCUT2D eigenvalue weighted by molar-refractivity contribution is -0.135. The summed E-state index contributed by atoms with van der Waals surface area (Å²) in [5.41, 5.74) is 2.19. The standard InChI is InChI=1S/C15H17N3O3/c1-8(2)9-3-4-10-12(7-9)18(15(21)16-10)11-5-6-13(19)17-14(11)20/h3-4,7-8,11H,5-6H2,1-2H3,(H,16,21)(H,17,19,20). The number of hydrogen-bond acceptors (Lipinski definition) is 3. The summed E-state index contributed by atoms with van der Waals surface area (Å²) < 4.78 is 1.46. The van der Waals surface area contributed by atoms with Crippen molar-refractivity contribution in [2.24, 2.45) is 0 Å². The van der Waals surface area contributed by atoms with E-state index >= 15 is 0 Å². The molecule has 2 aromatic rings. The molecular formula is C15H17N3O3. The summed E-state index contributed by atoms with van der Waals surface area (Å²) in [6.45, 7) is 4.14. The Balaban J connectivity index is 2.15. The number of H-pyrrole nitrogens is 1. The first-order chi connectivity index (χ1) is 9.97. The molecule has 0 aliphatic carbocycles. The Kier molecular flexibility index (Phi) is 3.16. The fraction of sp³-hybridized carbons (Fsp3) is 0.400. The number of imide groups is 1. The number of imidazole rings is 1. The Morgan fingerprint density at radius 1 is 1.24 bits per heavy atom. The molecule has 2 N–H and O–H groups in total. The van der Waals surface area contributed by atoms with E-state index in [-0.39, 0.29) is 18.0 Å². The van der Waals surface area contributed by atoms with Crippen LogP contribution in [0, 0.1) is 0 Å². The maximum atomic E-state index is 12.2. The SMILES string of the molecule is CC(C)c1ccc2[nH]c(=O)n(C3CCC(=O)NC3=O)c2c1. The Morgan fingerprint density at radius 2 is 2.00 bits per heavy atom. The van der Waals surface area contributed by atoms with Gasteiger partial charge in [0.05, 0.1) is 11.0 Å². The molecule has 1 aromatic carbocycles. The molecule has 1 aliphatic heterocycles. The fourth-order valence-electron chi connectivity index (χ4n) is 2.74.